The molecule has 0 aliphatic carbocycles. The predicted molar refractivity (Wildman–Crippen MR) is 159 cm³/mol. The molecule has 3 heteroatoms. The van der Waals surface area contributed by atoms with Crippen molar-refractivity contribution in [2.75, 3.05) is 0 Å². The molecule has 0 atom stereocenters. The molecule has 1 fully saturated rings. The quantitative estimate of drug-likeness (QED) is 0.200. The van der Waals surface area contributed by atoms with Crippen molar-refractivity contribution >= 4 is 12.6 Å². The Morgan fingerprint density at radius 2 is 1.11 bits per heavy atom. The molecule has 1 heterocycles. The average molecular weight is 518 g/mol. The van der Waals surface area contributed by atoms with Gasteiger partial charge in [0.1, 0.15) is 0 Å². The summed E-state index contributed by atoms with van der Waals surface area (Å²) in [7, 11) is -1.33. The molecule has 1 aliphatic heterocycles. The summed E-state index contributed by atoms with van der Waals surface area (Å²) >= 11 is 0. The van der Waals surface area contributed by atoms with Gasteiger partial charge in [0.2, 0.25) is 0 Å². The predicted octanol–water partition coefficient (Wildman–Crippen LogP) is 7.60. The topological polar surface area (TPSA) is 18.5 Å². The highest BCUT2D eigenvalue weighted by Crippen LogP contribution is 2.49. The maximum absolute atomic E-state index is 9.60. The van der Waals surface area contributed by atoms with Crippen molar-refractivity contribution in [1.82, 2.24) is 0 Å². The van der Waals surface area contributed by atoms with Crippen LogP contribution in [0, 0.1) is 27.7 Å². The highest BCUT2D eigenvalue weighted by Gasteiger charge is 2.52. The van der Waals surface area contributed by atoms with Gasteiger partial charge in [0.15, 0.2) is 0 Å². The average Bonchev–Trinajstić information content (AvgIpc) is 3.30. The van der Waals surface area contributed by atoms with Gasteiger partial charge >= 0.3 is 7.12 Å². The van der Waals surface area contributed by atoms with Crippen molar-refractivity contribution in [2.45, 2.75) is 72.0 Å². The summed E-state index contributed by atoms with van der Waals surface area (Å²) in [4.78, 5) is 0. The van der Waals surface area contributed by atoms with Crippen LogP contribution in [0.5, 0.6) is 0 Å². The Kier molecular flexibility index (Phi) is 3.47. The third-order valence-corrected chi connectivity index (χ3v) is 7.90. The molecular weight excluding hydrogens is 463 g/mol. The van der Waals surface area contributed by atoms with Crippen LogP contribution >= 0.6 is 0 Å². The molecule has 0 unspecified atom stereocenters. The summed E-state index contributed by atoms with van der Waals surface area (Å²) in [6, 6.07) is -10.7. The van der Waals surface area contributed by atoms with Crippen LogP contribution < -0.4 is 5.46 Å². The molecule has 2 nitrogen and oxygen atoms in total. The Hall–Kier alpha value is -3.14. The Labute approximate surface area is 250 Å². The van der Waals surface area contributed by atoms with Crippen LogP contribution in [0.2, 0.25) is 0 Å². The van der Waals surface area contributed by atoms with Crippen molar-refractivity contribution < 1.29 is 29.9 Å². The summed E-state index contributed by atoms with van der Waals surface area (Å²) in [6.45, 7) is 13.0. The van der Waals surface area contributed by atoms with Crippen molar-refractivity contribution in [3.63, 3.8) is 0 Å². The highest BCUT2D eigenvalue weighted by molar-refractivity contribution is 6.62. The lowest BCUT2D eigenvalue weighted by Crippen LogP contribution is -2.41. The molecule has 0 radical (unpaired) electrons. The fourth-order valence-electron chi connectivity index (χ4n) is 5.05. The number of hydrogen-bond acceptors (Lipinski definition) is 2. The smallest absolute Gasteiger partial charge is 0.399 e. The van der Waals surface area contributed by atoms with E-state index in [0.717, 1.165) is 0 Å². The van der Waals surface area contributed by atoms with Gasteiger partial charge in [0.25, 0.3) is 0 Å². The maximum atomic E-state index is 9.60. The third kappa shape index (κ3) is 4.04. The van der Waals surface area contributed by atoms with E-state index in [1.807, 2.05) is 0 Å². The Morgan fingerprint density at radius 3 is 1.63 bits per heavy atom. The monoisotopic (exact) mass is 517 g/mol. The van der Waals surface area contributed by atoms with E-state index in [-0.39, 0.29) is 50.9 Å². The largest absolute Gasteiger partial charge is 0.495 e. The van der Waals surface area contributed by atoms with Crippen LogP contribution in [0.4, 0.5) is 0 Å². The normalized spacial score (nSPS) is 22.1. The van der Waals surface area contributed by atoms with E-state index in [9.17, 15) is 8.22 Å². The standard InChI is InChI=1S/C35H39BO2/c1-24-22-23-25(2)32(26(24)3)35(28-16-11-9-12-17-28,29-18-13-10-14-19-29)30-20-15-21-31(27(30)4)36-37-33(5,6)34(7,8)38-36/h9-23H,1-8H3/i9D,10D,11D,12D,13D,14D,15D,16D,17D,18D,19D,20D,21D,22D,23D. The maximum Gasteiger partial charge on any atom is 0.495 e. The fraction of sp³-hybridized carbons (Fsp3) is 0.314. The lowest BCUT2D eigenvalue weighted by molar-refractivity contribution is 0.00578. The van der Waals surface area contributed by atoms with Crippen LogP contribution in [0.3, 0.4) is 0 Å². The van der Waals surface area contributed by atoms with Crippen molar-refractivity contribution in [3.05, 3.63) is 135 Å². The van der Waals surface area contributed by atoms with Crippen LogP contribution in [0.25, 0.3) is 0 Å². The molecule has 4 aromatic carbocycles. The second kappa shape index (κ2) is 9.56. The molecule has 1 saturated heterocycles. The van der Waals surface area contributed by atoms with Gasteiger partial charge in [-0.2, -0.15) is 0 Å². The van der Waals surface area contributed by atoms with E-state index in [4.69, 9.17) is 21.6 Å². The van der Waals surface area contributed by atoms with Gasteiger partial charge in [-0.3, -0.25) is 0 Å². The first kappa shape index (κ1) is 13.8. The van der Waals surface area contributed by atoms with Gasteiger partial charge in [-0.25, -0.2) is 0 Å². The number of hydrogen-bond donors (Lipinski definition) is 0. The summed E-state index contributed by atoms with van der Waals surface area (Å²) in [5, 5.41) is 0. The molecule has 0 N–H and O–H groups in total. The Morgan fingerprint density at radius 1 is 0.605 bits per heavy atom. The van der Waals surface area contributed by atoms with Crippen molar-refractivity contribution in [2.24, 2.45) is 0 Å². The summed E-state index contributed by atoms with van der Waals surface area (Å²) < 4.78 is 148. The van der Waals surface area contributed by atoms with E-state index in [1.165, 1.54) is 20.8 Å². The number of rotatable bonds is 5. The lowest BCUT2D eigenvalue weighted by atomic mass is 9.60. The molecule has 5 rings (SSSR count). The van der Waals surface area contributed by atoms with E-state index in [2.05, 4.69) is 0 Å². The van der Waals surface area contributed by atoms with Gasteiger partial charge in [-0.15, -0.1) is 0 Å². The first-order valence-corrected chi connectivity index (χ1v) is 12.4. The van der Waals surface area contributed by atoms with E-state index < -0.39 is 113 Å². The Balaban J connectivity index is 2.30. The van der Waals surface area contributed by atoms with Crippen LogP contribution in [-0.2, 0) is 14.7 Å². The summed E-state index contributed by atoms with van der Waals surface area (Å²) in [5.74, 6) is 0. The summed E-state index contributed by atoms with van der Waals surface area (Å²) in [5.41, 5.74) is -5.86. The minimum atomic E-state index is -2.65. The molecule has 38 heavy (non-hydrogen) atoms. The van der Waals surface area contributed by atoms with Gasteiger partial charge in [0.05, 0.1) is 37.2 Å². The van der Waals surface area contributed by atoms with Crippen molar-refractivity contribution in [1.29, 1.82) is 0 Å². The first-order chi connectivity index (χ1) is 24.2. The lowest BCUT2D eigenvalue weighted by Gasteiger charge is -2.40. The van der Waals surface area contributed by atoms with Crippen molar-refractivity contribution in [3.8, 4) is 0 Å². The molecule has 4 aromatic rings. The molecule has 0 aromatic heterocycles. The second-order valence-corrected chi connectivity index (χ2v) is 10.6. The molecule has 0 bridgehead atoms. The molecular formula is C35H39BO2. The molecule has 1 aliphatic rings. The molecule has 194 valence electrons. The fourth-order valence-corrected chi connectivity index (χ4v) is 5.05. The van der Waals surface area contributed by atoms with Gasteiger partial charge in [-0.1, -0.05) is 90.6 Å². The van der Waals surface area contributed by atoms with Gasteiger partial charge < -0.3 is 9.31 Å². The third-order valence-electron chi connectivity index (χ3n) is 7.90. The zero-order valence-corrected chi connectivity index (χ0v) is 22.9. The number of benzene rings is 4. The van der Waals surface area contributed by atoms with Crippen LogP contribution in [0.1, 0.15) is 92.8 Å². The zero-order chi connectivity index (χ0) is 40.3. The summed E-state index contributed by atoms with van der Waals surface area (Å²) in [6.07, 6.45) is 0. The van der Waals surface area contributed by atoms with E-state index >= 15 is 0 Å². The van der Waals surface area contributed by atoms with Crippen LogP contribution in [-0.4, -0.2) is 18.3 Å². The van der Waals surface area contributed by atoms with Gasteiger partial charge in [0, 0.05) is 0 Å². The zero-order valence-electron chi connectivity index (χ0n) is 37.9. The molecule has 0 spiro atoms. The molecule has 0 amide bonds. The minimum Gasteiger partial charge on any atom is -0.399 e. The SMILES string of the molecule is [2H]c1c([2H])c([2H])c(C(c2c([2H])c([2H])c([2H])c([2H])c2[2H])(c2c([2H])c([2H])c([2H])c(B3OC(C)(C)C(C)(C)O3)c2C)c2c(C)c([2H])c([2H])c(C)c2C)c([2H])c1[2H]. The van der Waals surface area contributed by atoms with E-state index in [1.54, 1.807) is 34.6 Å². The molecule has 0 saturated carbocycles. The first-order valence-electron chi connectivity index (χ1n) is 19.9. The highest BCUT2D eigenvalue weighted by atomic mass is 16.7. The van der Waals surface area contributed by atoms with Crippen LogP contribution in [0.15, 0.2) is 90.6 Å². The second-order valence-electron chi connectivity index (χ2n) is 10.6. The van der Waals surface area contributed by atoms with Gasteiger partial charge in [-0.05, 0) is 105 Å². The minimum absolute atomic E-state index is 0.00538. The van der Waals surface area contributed by atoms with E-state index in [0.29, 0.717) is 0 Å². The Bertz CT molecular complexity index is 2000.